The van der Waals surface area contributed by atoms with E-state index in [9.17, 15) is 33.6 Å². The Kier molecular flexibility index (Phi) is 15.2. The lowest BCUT2D eigenvalue weighted by atomic mass is 9.84. The molecule has 1 saturated carbocycles. The maximum atomic E-state index is 14.9. The number of aryl methyl sites for hydroxylation is 1. The molecule has 7 heterocycles. The van der Waals surface area contributed by atoms with E-state index >= 15 is 0 Å². The third-order valence-electron chi connectivity index (χ3n) is 16.0. The molecule has 3 saturated heterocycles. The first-order valence-corrected chi connectivity index (χ1v) is 26.1. The van der Waals surface area contributed by atoms with Gasteiger partial charge in [-0.15, -0.1) is 0 Å². The number of hydrogen-bond donors (Lipinski definition) is 2. The van der Waals surface area contributed by atoms with Crippen LogP contribution < -0.4 is 15.6 Å². The number of morpholine rings is 1. The van der Waals surface area contributed by atoms with Gasteiger partial charge in [-0.05, 0) is 100 Å². The van der Waals surface area contributed by atoms with Gasteiger partial charge in [-0.3, -0.25) is 29.2 Å². The number of hydrazine groups is 1. The molecule has 4 aromatic rings. The fourth-order valence-corrected chi connectivity index (χ4v) is 12.3. The van der Waals surface area contributed by atoms with Crippen LogP contribution in [0.25, 0.3) is 22.2 Å². The summed E-state index contributed by atoms with van der Waals surface area (Å²) in [5.41, 5.74) is 8.59. The largest absolute Gasteiger partial charge is 0.464 e. The molecule has 1 aromatic carbocycles. The predicted octanol–water partition coefficient (Wildman–Crippen LogP) is 5.61. The molecule has 0 spiro atoms. The Morgan fingerprint density at radius 2 is 1.91 bits per heavy atom. The summed E-state index contributed by atoms with van der Waals surface area (Å²) in [4.78, 5) is 85.3. The summed E-state index contributed by atoms with van der Waals surface area (Å²) in [5.74, 6) is -3.77. The topological polar surface area (TPSA) is 209 Å². The van der Waals surface area contributed by atoms with Crippen molar-refractivity contribution in [2.45, 2.75) is 135 Å². The molecule has 74 heavy (non-hydrogen) atoms. The molecule has 0 radical (unpaired) electrons. The number of methoxy groups -OCH3 is 1. The lowest BCUT2D eigenvalue weighted by Gasteiger charge is -2.39. The molecule has 4 amide bonds. The maximum absolute atomic E-state index is 14.9. The number of imidazole rings is 1. The second-order valence-electron chi connectivity index (χ2n) is 21.9. The fraction of sp³-hybridized carbons (Fsp3) is 0.593. The van der Waals surface area contributed by atoms with Crippen LogP contribution in [0.2, 0.25) is 0 Å². The Morgan fingerprint density at radius 3 is 2.62 bits per heavy atom. The number of hydrogen-bond acceptors (Lipinski definition) is 13. The van der Waals surface area contributed by atoms with Gasteiger partial charge in [-0.1, -0.05) is 27.7 Å². The first kappa shape index (κ1) is 52.4. The number of rotatable bonds is 9. The van der Waals surface area contributed by atoms with Gasteiger partial charge in [-0.2, -0.15) is 9.65 Å². The van der Waals surface area contributed by atoms with Crippen molar-refractivity contribution in [3.63, 3.8) is 0 Å². The highest BCUT2D eigenvalue weighted by Crippen LogP contribution is 2.46. The van der Waals surface area contributed by atoms with Crippen molar-refractivity contribution in [1.82, 2.24) is 44.7 Å². The Hall–Kier alpha value is -6.43. The number of halogens is 1. The summed E-state index contributed by atoms with van der Waals surface area (Å²) in [6.07, 6.45) is 5.57. The number of pyridine rings is 1. The normalized spacial score (nSPS) is 26.0. The molecule has 4 fully saturated rings. The molecule has 6 bridgehead atoms. The number of aromatic nitrogens is 4. The average Bonchev–Trinajstić information content (AvgIpc) is 4.17. The van der Waals surface area contributed by atoms with Gasteiger partial charge in [0.05, 0.1) is 49.1 Å². The Balaban J connectivity index is 1.01. The van der Waals surface area contributed by atoms with E-state index < -0.39 is 83.3 Å². The van der Waals surface area contributed by atoms with Crippen molar-refractivity contribution >= 4 is 46.3 Å². The van der Waals surface area contributed by atoms with E-state index in [1.165, 1.54) is 14.8 Å². The maximum Gasteiger partial charge on any atom is 0.333 e. The number of cyclic esters (lactones) is 1. The highest BCUT2D eigenvalue weighted by atomic mass is 19.1. The molecule has 4 aliphatic heterocycles. The van der Waals surface area contributed by atoms with E-state index in [4.69, 9.17) is 19.2 Å². The quantitative estimate of drug-likeness (QED) is 0.196. The molecule has 1 aliphatic carbocycles. The van der Waals surface area contributed by atoms with E-state index in [2.05, 4.69) is 76.3 Å². The SMILES string of the molecule is CCn1c(-c2cccnc2[C@H](C)OC)c2c3cc(ccc31)N1CCO[C@@H](C[C@H](NC(=O)[C@H](C(C)C)N(C)C(=O)C3CC4CC(C#N)N(C(=O)n5cncc5F)C4C3)C(=O)N3CCC[C@H](N3)C(=O)OCC(C)(C)C2)C1. The highest BCUT2D eigenvalue weighted by molar-refractivity contribution is 5.95. The number of likely N-dealkylation sites (N-methyl/N-ethyl adjacent to an activating group) is 1. The van der Waals surface area contributed by atoms with Crippen LogP contribution in [-0.2, 0) is 46.4 Å². The second-order valence-corrected chi connectivity index (χ2v) is 21.9. The van der Waals surface area contributed by atoms with Crippen molar-refractivity contribution in [3.05, 3.63) is 66.3 Å². The number of nitrogens with zero attached hydrogens (tertiary/aromatic N) is 9. The molecule has 4 unspecified atom stereocenters. The van der Waals surface area contributed by atoms with Gasteiger partial charge in [0.1, 0.15) is 30.5 Å². The summed E-state index contributed by atoms with van der Waals surface area (Å²) in [6.45, 7) is 14.4. The van der Waals surface area contributed by atoms with Gasteiger partial charge in [0.15, 0.2) is 0 Å². The minimum Gasteiger partial charge on any atom is -0.464 e. The summed E-state index contributed by atoms with van der Waals surface area (Å²) >= 11 is 0. The molecule has 9 rings (SSSR count). The Morgan fingerprint density at radius 1 is 1.11 bits per heavy atom. The molecule has 19 nitrogen and oxygen atoms in total. The first-order valence-electron chi connectivity index (χ1n) is 26.1. The molecular formula is C54H70FN11O8. The fourth-order valence-electron chi connectivity index (χ4n) is 12.3. The zero-order valence-electron chi connectivity index (χ0n) is 43.8. The average molecular weight is 1020 g/mol. The zero-order chi connectivity index (χ0) is 52.7. The van der Waals surface area contributed by atoms with E-state index in [0.717, 1.165) is 56.2 Å². The van der Waals surface area contributed by atoms with E-state index in [1.807, 2.05) is 26.8 Å². The molecule has 3 aromatic heterocycles. The zero-order valence-corrected chi connectivity index (χ0v) is 43.8. The van der Waals surface area contributed by atoms with Gasteiger partial charge < -0.3 is 38.8 Å². The number of nitrogens with one attached hydrogen (secondary N) is 2. The summed E-state index contributed by atoms with van der Waals surface area (Å²) in [6, 6.07) is 7.79. The van der Waals surface area contributed by atoms with Crippen LogP contribution in [0.15, 0.2) is 49.1 Å². The predicted molar refractivity (Wildman–Crippen MR) is 271 cm³/mol. The lowest BCUT2D eigenvalue weighted by molar-refractivity contribution is -0.156. The van der Waals surface area contributed by atoms with Crippen molar-refractivity contribution in [1.29, 1.82) is 5.26 Å². The second kappa shape index (κ2) is 21.4. The number of carbonyl (C=O) groups excluding carboxylic acids is 5. The molecule has 9 atom stereocenters. The van der Waals surface area contributed by atoms with Crippen molar-refractivity contribution in [2.75, 3.05) is 51.9 Å². The van der Waals surface area contributed by atoms with Crippen LogP contribution in [0, 0.1) is 40.4 Å². The number of benzene rings is 1. The number of amides is 4. The summed E-state index contributed by atoms with van der Waals surface area (Å²) < 4.78 is 36.0. The van der Waals surface area contributed by atoms with Gasteiger partial charge in [0.2, 0.25) is 17.8 Å². The van der Waals surface area contributed by atoms with Gasteiger partial charge in [0, 0.05) is 92.5 Å². The van der Waals surface area contributed by atoms with Gasteiger partial charge >= 0.3 is 12.0 Å². The number of esters is 1. The number of ether oxygens (including phenoxy) is 3. The van der Waals surface area contributed by atoms with Crippen LogP contribution in [0.5, 0.6) is 0 Å². The number of nitriles is 1. The van der Waals surface area contributed by atoms with Crippen LogP contribution in [0.1, 0.15) is 97.4 Å². The van der Waals surface area contributed by atoms with Crippen LogP contribution in [0.3, 0.4) is 0 Å². The van der Waals surface area contributed by atoms with E-state index in [-0.39, 0.29) is 43.9 Å². The third kappa shape index (κ3) is 10.1. The first-order chi connectivity index (χ1) is 35.4. The Bertz CT molecular complexity index is 2820. The molecule has 2 N–H and O–H groups in total. The number of likely N-dealkylation sites (tertiary alicyclic amines) is 1. The molecule has 396 valence electrons. The lowest BCUT2D eigenvalue weighted by Crippen LogP contribution is -2.62. The monoisotopic (exact) mass is 1020 g/mol. The summed E-state index contributed by atoms with van der Waals surface area (Å²) in [5, 5.41) is 15.5. The minimum atomic E-state index is -1.12. The summed E-state index contributed by atoms with van der Waals surface area (Å²) in [7, 11) is 3.26. The highest BCUT2D eigenvalue weighted by Gasteiger charge is 2.52. The van der Waals surface area contributed by atoms with Crippen molar-refractivity contribution in [3.8, 4) is 17.3 Å². The number of anilines is 1. The van der Waals surface area contributed by atoms with Crippen LogP contribution in [-0.4, -0.2) is 147 Å². The molecule has 5 aliphatic rings. The van der Waals surface area contributed by atoms with Crippen molar-refractivity contribution < 1.29 is 42.6 Å². The molecule has 20 heteroatoms. The van der Waals surface area contributed by atoms with Gasteiger partial charge in [0.25, 0.3) is 5.91 Å². The number of fused-ring (bicyclic) bond motifs is 7. The third-order valence-corrected chi connectivity index (χ3v) is 16.0. The van der Waals surface area contributed by atoms with Crippen LogP contribution >= 0.6 is 0 Å². The Labute approximate surface area is 431 Å². The van der Waals surface area contributed by atoms with Crippen molar-refractivity contribution in [2.24, 2.45) is 23.2 Å². The smallest absolute Gasteiger partial charge is 0.333 e. The van der Waals surface area contributed by atoms with Gasteiger partial charge in [-0.25, -0.2) is 19.8 Å². The van der Waals surface area contributed by atoms with E-state index in [1.54, 1.807) is 20.4 Å². The minimum absolute atomic E-state index is 0.101. The standard InChI is InChI=1S/C54H70FN11O8/c1-9-63-43-15-14-35-23-39(43)40(48(63)38-12-10-16-58-46(38)32(4)72-8)25-54(5,6)29-74-52(70)41-13-11-17-65(60-41)51(69)42(24-37-28-62(35)18-19-73-37)59-49(67)47(31(2)3)61(7)50(68)34-20-33-21-36(26-56)66(44(33)22-34)53(71)64-30-57-27-45(64)55/h10,12,14-16,23,27,30-34,36-37,41-42,44,47,60H,9,11,13,17-22,24-25,28-29H2,1-8H3,(H,59,67)/t32-,33?,34?,36?,37-,41-,42-,44?,47-/m0/s1. The molecular weight excluding hydrogens is 950 g/mol. The van der Waals surface area contributed by atoms with E-state index in [0.29, 0.717) is 58.3 Å². The van der Waals surface area contributed by atoms with Crippen LogP contribution in [0.4, 0.5) is 14.9 Å². The number of carbonyl (C=O) groups is 5.